The lowest BCUT2D eigenvalue weighted by atomic mass is 9.79. The van der Waals surface area contributed by atoms with Gasteiger partial charge in [-0.25, -0.2) is 9.37 Å². The maximum Gasteiger partial charge on any atom is 0.226 e. The molecule has 1 amide bonds. The maximum atomic E-state index is 17.1. The highest BCUT2D eigenvalue weighted by atomic mass is 35.5. The summed E-state index contributed by atoms with van der Waals surface area (Å²) in [5.41, 5.74) is 6.26. The standard InChI is InChI=1S/C38H35Cl2FN6O2S/c1-19-26-13-31(30-12-23(49-17-24-15-43-18-50-24)16-46(30)38(48)20-7-8-20)47(36-22-11-29(36)44-14-22)37(26)27-10-21(4-3-9-42)32(34(41)35(27)45-19)25-5-2-6-28(39)33(25)40/h2,5-6,10,13,15,18,20,22-23,29-30,36,44H,3-4,7-8,11-12,14,16-17H2,1H3. The first-order valence-corrected chi connectivity index (χ1v) is 19.0. The molecule has 10 rings (SSSR count). The number of hydrogen-bond donors (Lipinski definition) is 1. The van der Waals surface area contributed by atoms with Crippen molar-refractivity contribution < 1.29 is 13.9 Å². The number of likely N-dealkylation sites (tertiary alicyclic amines) is 1. The van der Waals surface area contributed by atoms with Crippen LogP contribution in [0.15, 0.2) is 42.0 Å². The van der Waals surface area contributed by atoms with E-state index < -0.39 is 5.82 Å². The molecule has 3 aliphatic heterocycles. The average molecular weight is 730 g/mol. The first kappa shape index (κ1) is 32.3. The normalized spacial score (nSPS) is 24.3. The molecule has 5 aliphatic rings. The second kappa shape index (κ2) is 12.6. The number of aryl methyl sites for hydroxylation is 2. The van der Waals surface area contributed by atoms with Crippen LogP contribution in [0.25, 0.3) is 32.9 Å². The molecule has 12 heteroatoms. The van der Waals surface area contributed by atoms with Gasteiger partial charge in [0.2, 0.25) is 5.91 Å². The number of rotatable bonds is 9. The van der Waals surface area contributed by atoms with Crippen molar-refractivity contribution >= 4 is 62.3 Å². The minimum absolute atomic E-state index is 0.0647. The maximum absolute atomic E-state index is 17.1. The van der Waals surface area contributed by atoms with Crippen molar-refractivity contribution in [2.75, 3.05) is 13.1 Å². The molecular formula is C38H35Cl2FN6O2S. The number of ether oxygens (including phenoxy) is 1. The van der Waals surface area contributed by atoms with Crippen LogP contribution in [-0.4, -0.2) is 50.6 Å². The number of nitrogens with zero attached hydrogens (tertiary/aromatic N) is 5. The molecular weight excluding hydrogens is 694 g/mol. The fraction of sp³-hybridized carbons (Fsp3) is 0.421. The van der Waals surface area contributed by atoms with Crippen LogP contribution < -0.4 is 5.32 Å². The highest BCUT2D eigenvalue weighted by molar-refractivity contribution is 7.09. The third-order valence-electron chi connectivity index (χ3n) is 11.2. The van der Waals surface area contributed by atoms with Gasteiger partial charge in [0, 0.05) is 77.4 Å². The summed E-state index contributed by atoms with van der Waals surface area (Å²) in [6.45, 7) is 3.85. The fourth-order valence-corrected chi connectivity index (χ4v) is 9.53. The molecule has 0 radical (unpaired) electrons. The van der Waals surface area contributed by atoms with E-state index in [1.165, 1.54) is 0 Å². The molecule has 5 fully saturated rings. The highest BCUT2D eigenvalue weighted by Crippen LogP contribution is 2.51. The predicted octanol–water partition coefficient (Wildman–Crippen LogP) is 8.33. The summed E-state index contributed by atoms with van der Waals surface area (Å²) in [6, 6.07) is 11.9. The molecule has 256 valence electrons. The Hall–Kier alpha value is -3.59. The summed E-state index contributed by atoms with van der Waals surface area (Å²) >= 11 is 14.7. The minimum atomic E-state index is -0.475. The molecule has 6 heterocycles. The van der Waals surface area contributed by atoms with E-state index in [1.807, 2.05) is 19.2 Å². The Balaban J connectivity index is 1.25. The van der Waals surface area contributed by atoms with Gasteiger partial charge in [-0.1, -0.05) is 35.3 Å². The molecule has 1 N–H and O–H groups in total. The topological polar surface area (TPSA) is 96.1 Å². The van der Waals surface area contributed by atoms with Crippen molar-refractivity contribution in [3.05, 3.63) is 79.7 Å². The summed E-state index contributed by atoms with van der Waals surface area (Å²) < 4.78 is 26.0. The number of thiazole rings is 1. The number of hydrogen-bond acceptors (Lipinski definition) is 7. The number of benzene rings is 2. The Morgan fingerprint density at radius 2 is 2.08 bits per heavy atom. The van der Waals surface area contributed by atoms with E-state index in [-0.39, 0.29) is 53.0 Å². The largest absolute Gasteiger partial charge is 0.371 e. The molecule has 5 atom stereocenters. The lowest BCUT2D eigenvalue weighted by molar-refractivity contribution is -0.134. The summed E-state index contributed by atoms with van der Waals surface area (Å²) in [5, 5.41) is 15.5. The smallest absolute Gasteiger partial charge is 0.226 e. The number of nitriles is 1. The van der Waals surface area contributed by atoms with Gasteiger partial charge in [0.1, 0.15) is 5.52 Å². The van der Waals surface area contributed by atoms with Crippen LogP contribution in [-0.2, 0) is 22.6 Å². The van der Waals surface area contributed by atoms with Crippen molar-refractivity contribution in [1.82, 2.24) is 24.8 Å². The number of nitrogens with one attached hydrogen (secondary N) is 1. The van der Waals surface area contributed by atoms with Crippen molar-refractivity contribution in [2.24, 2.45) is 11.8 Å². The summed E-state index contributed by atoms with van der Waals surface area (Å²) in [4.78, 5) is 26.1. The molecule has 5 unspecified atom stereocenters. The Bertz CT molecular complexity index is 2200. The molecule has 8 nitrogen and oxygen atoms in total. The van der Waals surface area contributed by atoms with Gasteiger partial charge >= 0.3 is 0 Å². The van der Waals surface area contributed by atoms with Gasteiger partial charge in [0.05, 0.1) is 56.8 Å². The molecule has 3 aromatic heterocycles. The first-order valence-electron chi connectivity index (χ1n) is 17.3. The SMILES string of the molecule is Cc1nc2c(F)c(-c3cccc(Cl)c3Cl)c(CCC#N)cc2c2c1cc(C1CC(OCc3cncs3)CN1C(=O)C1CC1)n2C1C2CNC1C2. The van der Waals surface area contributed by atoms with E-state index in [2.05, 4.69) is 31.9 Å². The zero-order valence-corrected chi connectivity index (χ0v) is 29.8. The van der Waals surface area contributed by atoms with Crippen LogP contribution in [0.4, 0.5) is 4.39 Å². The molecule has 50 heavy (non-hydrogen) atoms. The summed E-state index contributed by atoms with van der Waals surface area (Å²) in [5.74, 6) is 0.210. The Morgan fingerprint density at radius 3 is 2.80 bits per heavy atom. The molecule has 5 aromatic rings. The van der Waals surface area contributed by atoms with Crippen LogP contribution in [0.1, 0.15) is 66.0 Å². The van der Waals surface area contributed by atoms with Crippen LogP contribution in [0.5, 0.6) is 0 Å². The second-order valence-electron chi connectivity index (χ2n) is 14.2. The predicted molar refractivity (Wildman–Crippen MR) is 193 cm³/mol. The number of halogens is 3. The van der Waals surface area contributed by atoms with Gasteiger partial charge in [-0.3, -0.25) is 9.78 Å². The van der Waals surface area contributed by atoms with Gasteiger partial charge in [-0.2, -0.15) is 5.26 Å². The molecule has 2 aromatic carbocycles. The van der Waals surface area contributed by atoms with E-state index in [1.54, 1.807) is 35.0 Å². The molecule has 2 bridgehead atoms. The third kappa shape index (κ3) is 5.24. The zero-order chi connectivity index (χ0) is 34.3. The lowest BCUT2D eigenvalue weighted by Crippen LogP contribution is -2.41. The monoisotopic (exact) mass is 728 g/mol. The fourth-order valence-electron chi connectivity index (χ4n) is 8.62. The van der Waals surface area contributed by atoms with E-state index in [9.17, 15) is 10.1 Å². The van der Waals surface area contributed by atoms with Crippen molar-refractivity contribution in [2.45, 2.75) is 76.3 Å². The lowest BCUT2D eigenvalue weighted by Gasteiger charge is -2.39. The van der Waals surface area contributed by atoms with E-state index in [4.69, 9.17) is 32.9 Å². The summed E-state index contributed by atoms with van der Waals surface area (Å²) in [7, 11) is 0. The minimum Gasteiger partial charge on any atom is -0.371 e. The molecule has 2 saturated carbocycles. The van der Waals surface area contributed by atoms with E-state index in [0.29, 0.717) is 59.0 Å². The van der Waals surface area contributed by atoms with Gasteiger partial charge in [0.25, 0.3) is 0 Å². The number of carbonyl (C=O) groups excluding carboxylic acids is 1. The van der Waals surface area contributed by atoms with Gasteiger partial charge in [0.15, 0.2) is 5.82 Å². The van der Waals surface area contributed by atoms with Gasteiger partial charge < -0.3 is 19.5 Å². The first-order chi connectivity index (χ1) is 24.3. The Kier molecular flexibility index (Phi) is 8.13. The van der Waals surface area contributed by atoms with Crippen LogP contribution in [0.2, 0.25) is 10.0 Å². The Labute approximate surface area is 303 Å². The number of carbonyl (C=O) groups is 1. The number of amides is 1. The molecule has 3 saturated heterocycles. The van der Waals surface area contributed by atoms with Crippen LogP contribution >= 0.6 is 34.5 Å². The van der Waals surface area contributed by atoms with Crippen LogP contribution in [0, 0.1) is 35.9 Å². The highest BCUT2D eigenvalue weighted by Gasteiger charge is 2.51. The number of fused-ring (bicyclic) bond motifs is 4. The van der Waals surface area contributed by atoms with Crippen molar-refractivity contribution in [1.29, 1.82) is 5.26 Å². The Morgan fingerprint density at radius 1 is 1.22 bits per heavy atom. The summed E-state index contributed by atoms with van der Waals surface area (Å²) in [6.07, 6.45) is 5.86. The second-order valence-corrected chi connectivity index (χ2v) is 16.0. The third-order valence-corrected chi connectivity index (χ3v) is 12.8. The van der Waals surface area contributed by atoms with E-state index in [0.717, 1.165) is 53.0 Å². The molecule has 0 spiro atoms. The van der Waals surface area contributed by atoms with Crippen LogP contribution in [0.3, 0.4) is 0 Å². The number of aromatic nitrogens is 3. The quantitative estimate of drug-likeness (QED) is 0.164. The van der Waals surface area contributed by atoms with Crippen molar-refractivity contribution in [3.8, 4) is 17.2 Å². The molecule has 2 aliphatic carbocycles. The average Bonchev–Trinajstić information content (AvgIpc) is 3.62. The van der Waals surface area contributed by atoms with Gasteiger partial charge in [-0.15, -0.1) is 11.3 Å². The van der Waals surface area contributed by atoms with Gasteiger partial charge in [-0.05, 0) is 62.3 Å². The van der Waals surface area contributed by atoms with E-state index >= 15 is 4.39 Å². The van der Waals surface area contributed by atoms with Crippen molar-refractivity contribution in [3.63, 3.8) is 0 Å². The zero-order valence-electron chi connectivity index (χ0n) is 27.5. The number of pyridine rings is 1.